The average molecular weight is 266 g/mol. The van der Waals surface area contributed by atoms with Gasteiger partial charge in [0, 0.05) is 11.1 Å². The highest BCUT2D eigenvalue weighted by atomic mass is 16.3. The summed E-state index contributed by atoms with van der Waals surface area (Å²) in [4.78, 5) is 12.2. The summed E-state index contributed by atoms with van der Waals surface area (Å²) in [5, 5.41) is 9.63. The van der Waals surface area contributed by atoms with Gasteiger partial charge >= 0.3 is 0 Å². The molecule has 0 aliphatic heterocycles. The van der Waals surface area contributed by atoms with Crippen LogP contribution in [0.4, 0.5) is 0 Å². The monoisotopic (exact) mass is 266 g/mol. The largest absolute Gasteiger partial charge is 0.386 e. The first-order valence-corrected chi connectivity index (χ1v) is 6.57. The number of benzene rings is 2. The first kappa shape index (κ1) is 14.2. The third-order valence-corrected chi connectivity index (χ3v) is 2.89. The summed E-state index contributed by atoms with van der Waals surface area (Å²) in [5.74, 6) is 0.0172. The fraction of sp³-hybridized carbons (Fsp3) is 0.167. The molecule has 1 N–H and O–H groups in total. The van der Waals surface area contributed by atoms with Gasteiger partial charge in [0.15, 0.2) is 5.78 Å². The van der Waals surface area contributed by atoms with Crippen LogP contribution >= 0.6 is 0 Å². The summed E-state index contributed by atoms with van der Waals surface area (Å²) in [5.41, 5.74) is 1.47. The fourth-order valence-electron chi connectivity index (χ4n) is 1.80. The second-order valence-corrected chi connectivity index (χ2v) is 5.30. The molecule has 0 atom stereocenters. The first-order chi connectivity index (χ1) is 9.46. The van der Waals surface area contributed by atoms with E-state index in [-0.39, 0.29) is 5.78 Å². The second-order valence-electron chi connectivity index (χ2n) is 5.30. The lowest BCUT2D eigenvalue weighted by molar-refractivity contribution is 0.103. The Kier molecular flexibility index (Phi) is 4.16. The van der Waals surface area contributed by atoms with E-state index in [0.29, 0.717) is 11.1 Å². The van der Waals surface area contributed by atoms with Gasteiger partial charge in [-0.1, -0.05) is 66.7 Å². The van der Waals surface area contributed by atoms with Crippen LogP contribution in [0, 0.1) is 0 Å². The van der Waals surface area contributed by atoms with Gasteiger partial charge in [-0.3, -0.25) is 4.79 Å². The Labute approximate surface area is 119 Å². The molecule has 0 radical (unpaired) electrons. The van der Waals surface area contributed by atoms with E-state index in [1.165, 1.54) is 0 Å². The molecule has 102 valence electrons. The lowest BCUT2D eigenvalue weighted by Crippen LogP contribution is -2.13. The van der Waals surface area contributed by atoms with E-state index >= 15 is 0 Å². The van der Waals surface area contributed by atoms with Gasteiger partial charge in [-0.2, -0.15) is 0 Å². The van der Waals surface area contributed by atoms with Crippen molar-refractivity contribution in [3.8, 4) is 0 Å². The standard InChI is InChI=1S/C18H18O2/c1-18(2,20)13-12-14-8-10-16(11-9-14)17(19)15-6-4-3-5-7-15/h3-13,20H,1-2H3/b13-12+. The first-order valence-electron chi connectivity index (χ1n) is 6.57. The van der Waals surface area contributed by atoms with Gasteiger partial charge < -0.3 is 5.11 Å². The summed E-state index contributed by atoms with van der Waals surface area (Å²) < 4.78 is 0. The Morgan fingerprint density at radius 1 is 0.950 bits per heavy atom. The molecule has 0 spiro atoms. The van der Waals surface area contributed by atoms with E-state index in [2.05, 4.69) is 0 Å². The Hall–Kier alpha value is -2.19. The van der Waals surface area contributed by atoms with Crippen LogP contribution in [0.2, 0.25) is 0 Å². The molecule has 2 heteroatoms. The smallest absolute Gasteiger partial charge is 0.193 e. The molecule has 0 aromatic heterocycles. The molecule has 2 rings (SSSR count). The van der Waals surface area contributed by atoms with E-state index in [0.717, 1.165) is 5.56 Å². The summed E-state index contributed by atoms with van der Waals surface area (Å²) in [6.45, 7) is 3.44. The molecule has 2 aromatic carbocycles. The number of carbonyl (C=O) groups excluding carboxylic acids is 1. The highest BCUT2D eigenvalue weighted by molar-refractivity contribution is 6.09. The summed E-state index contributed by atoms with van der Waals surface area (Å²) in [7, 11) is 0. The van der Waals surface area contributed by atoms with Crippen LogP contribution in [0.25, 0.3) is 6.08 Å². The number of rotatable bonds is 4. The zero-order valence-electron chi connectivity index (χ0n) is 11.7. The number of ketones is 1. The van der Waals surface area contributed by atoms with Gasteiger partial charge in [0.2, 0.25) is 0 Å². The predicted octanol–water partition coefficient (Wildman–Crippen LogP) is 3.70. The number of carbonyl (C=O) groups is 1. The molecule has 2 nitrogen and oxygen atoms in total. The van der Waals surface area contributed by atoms with Crippen LogP contribution in [-0.2, 0) is 0 Å². The van der Waals surface area contributed by atoms with Crippen LogP contribution < -0.4 is 0 Å². The summed E-state index contributed by atoms with van der Waals surface area (Å²) in [6, 6.07) is 16.6. The molecule has 0 unspecified atom stereocenters. The minimum absolute atomic E-state index is 0.0172. The normalized spacial score (nSPS) is 11.8. The van der Waals surface area contributed by atoms with Crippen molar-refractivity contribution in [2.24, 2.45) is 0 Å². The highest BCUT2D eigenvalue weighted by Gasteiger charge is 2.08. The van der Waals surface area contributed by atoms with Crippen molar-refractivity contribution in [1.82, 2.24) is 0 Å². The van der Waals surface area contributed by atoms with Gasteiger partial charge in [0.05, 0.1) is 5.60 Å². The minimum Gasteiger partial charge on any atom is -0.386 e. The molecule has 0 saturated carbocycles. The zero-order chi connectivity index (χ0) is 14.6. The van der Waals surface area contributed by atoms with E-state index in [1.54, 1.807) is 32.1 Å². The van der Waals surface area contributed by atoms with E-state index < -0.39 is 5.60 Å². The van der Waals surface area contributed by atoms with E-state index in [4.69, 9.17) is 0 Å². The molecule has 20 heavy (non-hydrogen) atoms. The molecule has 0 heterocycles. The van der Waals surface area contributed by atoms with Crippen LogP contribution in [-0.4, -0.2) is 16.5 Å². The zero-order valence-corrected chi connectivity index (χ0v) is 11.7. The summed E-state index contributed by atoms with van der Waals surface area (Å²) in [6.07, 6.45) is 3.57. The van der Waals surface area contributed by atoms with Crippen molar-refractivity contribution in [2.75, 3.05) is 0 Å². The summed E-state index contributed by atoms with van der Waals surface area (Å²) >= 11 is 0. The number of hydrogen-bond donors (Lipinski definition) is 1. The molecule has 2 aromatic rings. The van der Waals surface area contributed by atoms with Crippen molar-refractivity contribution in [1.29, 1.82) is 0 Å². The van der Waals surface area contributed by atoms with E-state index in [9.17, 15) is 9.90 Å². The second kappa shape index (κ2) is 5.85. The number of hydrogen-bond acceptors (Lipinski definition) is 2. The van der Waals surface area contributed by atoms with Crippen molar-refractivity contribution in [2.45, 2.75) is 19.4 Å². The van der Waals surface area contributed by atoms with Crippen molar-refractivity contribution < 1.29 is 9.90 Å². The van der Waals surface area contributed by atoms with Gasteiger partial charge in [-0.25, -0.2) is 0 Å². The molecule has 0 amide bonds. The lowest BCUT2D eigenvalue weighted by atomic mass is 10.0. The Morgan fingerprint density at radius 2 is 1.50 bits per heavy atom. The van der Waals surface area contributed by atoms with E-state index in [1.807, 2.05) is 48.5 Å². The molecule has 0 aliphatic rings. The Balaban J connectivity index is 2.17. The average Bonchev–Trinajstić information content (AvgIpc) is 2.45. The molecule has 0 aliphatic carbocycles. The van der Waals surface area contributed by atoms with Crippen LogP contribution in [0.5, 0.6) is 0 Å². The topological polar surface area (TPSA) is 37.3 Å². The lowest BCUT2D eigenvalue weighted by Gasteiger charge is -2.10. The van der Waals surface area contributed by atoms with Crippen molar-refractivity contribution in [3.05, 3.63) is 77.4 Å². The molecule has 0 fully saturated rings. The third kappa shape index (κ3) is 3.90. The maximum atomic E-state index is 12.2. The SMILES string of the molecule is CC(C)(O)/C=C/c1ccc(C(=O)c2ccccc2)cc1. The predicted molar refractivity (Wildman–Crippen MR) is 81.6 cm³/mol. The van der Waals surface area contributed by atoms with Gasteiger partial charge in [0.25, 0.3) is 0 Å². The third-order valence-electron chi connectivity index (χ3n) is 2.89. The molecular formula is C18H18O2. The van der Waals surface area contributed by atoms with Crippen LogP contribution in [0.3, 0.4) is 0 Å². The molecular weight excluding hydrogens is 248 g/mol. The maximum absolute atomic E-state index is 12.2. The quantitative estimate of drug-likeness (QED) is 0.857. The molecule has 0 bridgehead atoms. The molecule has 0 saturated heterocycles. The van der Waals surface area contributed by atoms with Gasteiger partial charge in [-0.05, 0) is 19.4 Å². The maximum Gasteiger partial charge on any atom is 0.193 e. The van der Waals surface area contributed by atoms with Gasteiger partial charge in [-0.15, -0.1) is 0 Å². The van der Waals surface area contributed by atoms with Crippen LogP contribution in [0.1, 0.15) is 35.3 Å². The minimum atomic E-state index is -0.835. The van der Waals surface area contributed by atoms with Crippen molar-refractivity contribution >= 4 is 11.9 Å². The highest BCUT2D eigenvalue weighted by Crippen LogP contribution is 2.13. The number of aliphatic hydroxyl groups is 1. The van der Waals surface area contributed by atoms with Gasteiger partial charge in [0.1, 0.15) is 0 Å². The Morgan fingerprint density at radius 3 is 2.05 bits per heavy atom. The fourth-order valence-corrected chi connectivity index (χ4v) is 1.80. The van der Waals surface area contributed by atoms with Crippen LogP contribution in [0.15, 0.2) is 60.7 Å². The Bertz CT molecular complexity index is 602. The van der Waals surface area contributed by atoms with Crippen molar-refractivity contribution in [3.63, 3.8) is 0 Å².